The van der Waals surface area contributed by atoms with Crippen LogP contribution in [0.5, 0.6) is 0 Å². The first-order chi connectivity index (χ1) is 12.2. The van der Waals surface area contributed by atoms with Gasteiger partial charge in [-0.3, -0.25) is 10.1 Å². The Balaban J connectivity index is 1.65. The summed E-state index contributed by atoms with van der Waals surface area (Å²) < 4.78 is 11.9. The molecule has 0 atom stereocenters. The van der Waals surface area contributed by atoms with Crippen molar-refractivity contribution in [1.82, 2.24) is 24.7 Å². The third kappa shape index (κ3) is 3.04. The van der Waals surface area contributed by atoms with Gasteiger partial charge in [0, 0.05) is 13.1 Å². The minimum Gasteiger partial charge on any atom is -0.397 e. The van der Waals surface area contributed by atoms with Crippen molar-refractivity contribution in [3.8, 4) is 11.6 Å². The maximum Gasteiger partial charge on any atom is 0.433 e. The van der Waals surface area contributed by atoms with E-state index in [0.29, 0.717) is 24.7 Å². The van der Waals surface area contributed by atoms with Crippen LogP contribution in [0.2, 0.25) is 0 Å². The molecule has 0 radical (unpaired) electrons. The molecule has 1 fully saturated rings. The van der Waals surface area contributed by atoms with Crippen LogP contribution in [0.3, 0.4) is 0 Å². The van der Waals surface area contributed by atoms with Crippen LogP contribution in [0, 0.1) is 10.1 Å². The Morgan fingerprint density at radius 1 is 1.20 bits per heavy atom. The van der Waals surface area contributed by atoms with Gasteiger partial charge in [0.2, 0.25) is 5.82 Å². The lowest BCUT2D eigenvalue weighted by Crippen LogP contribution is -2.35. The van der Waals surface area contributed by atoms with Gasteiger partial charge in [-0.2, -0.15) is 4.52 Å². The van der Waals surface area contributed by atoms with Gasteiger partial charge < -0.3 is 14.1 Å². The van der Waals surface area contributed by atoms with Crippen LogP contribution in [0.15, 0.2) is 33.7 Å². The summed E-state index contributed by atoms with van der Waals surface area (Å²) in [6.45, 7) is 2.90. The summed E-state index contributed by atoms with van der Waals surface area (Å²) in [6.07, 6.45) is 1.72. The van der Waals surface area contributed by atoms with Crippen molar-refractivity contribution in [2.24, 2.45) is 4.99 Å². The molecule has 11 nitrogen and oxygen atoms in total. The summed E-state index contributed by atoms with van der Waals surface area (Å²) in [5, 5.41) is 23.1. The van der Waals surface area contributed by atoms with Gasteiger partial charge in [-0.1, -0.05) is 0 Å². The van der Waals surface area contributed by atoms with Gasteiger partial charge in [-0.05, 0) is 18.2 Å². The van der Waals surface area contributed by atoms with E-state index >= 15 is 0 Å². The molecule has 1 saturated heterocycles. The van der Waals surface area contributed by atoms with Crippen LogP contribution in [0.4, 0.5) is 11.7 Å². The molecule has 1 aliphatic heterocycles. The van der Waals surface area contributed by atoms with Crippen molar-refractivity contribution in [2.45, 2.75) is 0 Å². The fraction of sp³-hybridized carbons (Fsp3) is 0.286. The molecule has 128 valence electrons. The lowest BCUT2D eigenvalue weighted by atomic mass is 10.4. The number of aliphatic imine (C=N–C) groups is 1. The van der Waals surface area contributed by atoms with Gasteiger partial charge in [0.1, 0.15) is 4.92 Å². The summed E-state index contributed by atoms with van der Waals surface area (Å²) >= 11 is 0. The van der Waals surface area contributed by atoms with Crippen LogP contribution in [-0.2, 0) is 4.74 Å². The standard InChI is InChI=1S/C14H13N7O4/c22-21(23)13-4-1-10(25-13)14-17-16-12-3-2-11(18-20(12)14)15-9-19-5-7-24-8-6-19/h1-4,9H,5-8H2. The number of furan rings is 1. The summed E-state index contributed by atoms with van der Waals surface area (Å²) in [5.41, 5.74) is 0.486. The lowest BCUT2D eigenvalue weighted by molar-refractivity contribution is -0.401. The van der Waals surface area contributed by atoms with Crippen LogP contribution in [-0.4, -0.2) is 62.3 Å². The highest BCUT2D eigenvalue weighted by atomic mass is 16.6. The molecule has 0 N–H and O–H groups in total. The Morgan fingerprint density at radius 2 is 2.04 bits per heavy atom. The van der Waals surface area contributed by atoms with Crippen molar-refractivity contribution in [2.75, 3.05) is 26.3 Å². The first kappa shape index (κ1) is 15.2. The number of nitrogens with zero attached hydrogens (tertiary/aromatic N) is 7. The van der Waals surface area contributed by atoms with Crippen LogP contribution < -0.4 is 0 Å². The van der Waals surface area contributed by atoms with Crippen molar-refractivity contribution in [3.05, 3.63) is 34.4 Å². The largest absolute Gasteiger partial charge is 0.433 e. The fourth-order valence-corrected chi connectivity index (χ4v) is 2.38. The third-order valence-corrected chi connectivity index (χ3v) is 3.64. The highest BCUT2D eigenvalue weighted by Gasteiger charge is 2.18. The molecular formula is C14H13N7O4. The Bertz CT molecular complexity index is 942. The maximum absolute atomic E-state index is 10.8. The molecule has 3 aromatic heterocycles. The summed E-state index contributed by atoms with van der Waals surface area (Å²) in [4.78, 5) is 16.5. The van der Waals surface area contributed by atoms with E-state index in [4.69, 9.17) is 9.15 Å². The molecule has 1 aliphatic rings. The van der Waals surface area contributed by atoms with Crippen LogP contribution >= 0.6 is 0 Å². The second kappa shape index (κ2) is 6.28. The molecule has 0 bridgehead atoms. The normalized spacial score (nSPS) is 15.3. The molecule has 0 saturated carbocycles. The number of hydrogen-bond donors (Lipinski definition) is 0. The summed E-state index contributed by atoms with van der Waals surface area (Å²) in [6, 6.07) is 6.15. The van der Waals surface area contributed by atoms with Gasteiger partial charge in [-0.25, -0.2) is 4.99 Å². The number of ether oxygens (including phenoxy) is 1. The van der Waals surface area contributed by atoms with Gasteiger partial charge in [0.25, 0.3) is 0 Å². The van der Waals surface area contributed by atoms with E-state index < -0.39 is 4.92 Å². The van der Waals surface area contributed by atoms with E-state index in [1.54, 1.807) is 18.5 Å². The Kier molecular flexibility index (Phi) is 3.82. The topological polar surface area (TPSA) is 124 Å². The quantitative estimate of drug-likeness (QED) is 0.300. The molecule has 25 heavy (non-hydrogen) atoms. The molecule has 4 rings (SSSR count). The summed E-state index contributed by atoms with van der Waals surface area (Å²) in [5.74, 6) is 0.571. The second-order valence-corrected chi connectivity index (χ2v) is 5.27. The highest BCUT2D eigenvalue weighted by molar-refractivity contribution is 5.61. The van der Waals surface area contributed by atoms with E-state index in [-0.39, 0.29) is 17.5 Å². The van der Waals surface area contributed by atoms with E-state index in [2.05, 4.69) is 20.3 Å². The van der Waals surface area contributed by atoms with E-state index in [1.165, 1.54) is 16.6 Å². The number of nitro groups is 1. The van der Waals surface area contributed by atoms with Crippen molar-refractivity contribution >= 4 is 23.7 Å². The van der Waals surface area contributed by atoms with Crippen molar-refractivity contribution in [1.29, 1.82) is 0 Å². The average molecular weight is 343 g/mol. The predicted octanol–water partition coefficient (Wildman–Crippen LogP) is 1.28. The monoisotopic (exact) mass is 343 g/mol. The molecule has 0 aromatic carbocycles. The third-order valence-electron chi connectivity index (χ3n) is 3.64. The molecule has 0 aliphatic carbocycles. The van der Waals surface area contributed by atoms with Crippen LogP contribution in [0.1, 0.15) is 0 Å². The SMILES string of the molecule is O=[N+]([O-])c1ccc(-c2nnc3ccc(N=CN4CCOCC4)nn23)o1. The Morgan fingerprint density at radius 3 is 2.80 bits per heavy atom. The maximum atomic E-state index is 10.8. The molecule has 11 heteroatoms. The van der Waals surface area contributed by atoms with Crippen LogP contribution in [0.25, 0.3) is 17.2 Å². The first-order valence-corrected chi connectivity index (χ1v) is 7.54. The smallest absolute Gasteiger partial charge is 0.397 e. The predicted molar refractivity (Wildman–Crippen MR) is 85.7 cm³/mol. The average Bonchev–Trinajstić information content (AvgIpc) is 3.27. The zero-order valence-corrected chi connectivity index (χ0v) is 13.0. The number of rotatable bonds is 4. The molecular weight excluding hydrogens is 330 g/mol. The van der Waals surface area contributed by atoms with Crippen molar-refractivity contribution < 1.29 is 14.1 Å². The van der Waals surface area contributed by atoms with E-state index in [9.17, 15) is 10.1 Å². The molecule has 0 amide bonds. The molecule has 4 heterocycles. The van der Waals surface area contributed by atoms with Crippen molar-refractivity contribution in [3.63, 3.8) is 0 Å². The zero-order valence-electron chi connectivity index (χ0n) is 13.0. The summed E-state index contributed by atoms with van der Waals surface area (Å²) in [7, 11) is 0. The number of fused-ring (bicyclic) bond motifs is 1. The van der Waals surface area contributed by atoms with E-state index in [0.717, 1.165) is 13.1 Å². The number of hydrogen-bond acceptors (Lipinski definition) is 8. The molecule has 3 aromatic rings. The number of aromatic nitrogens is 4. The van der Waals surface area contributed by atoms with E-state index in [1.807, 2.05) is 4.90 Å². The minimum atomic E-state index is -0.613. The van der Waals surface area contributed by atoms with Gasteiger partial charge >= 0.3 is 5.88 Å². The fourth-order valence-electron chi connectivity index (χ4n) is 2.38. The first-order valence-electron chi connectivity index (χ1n) is 7.54. The second-order valence-electron chi connectivity index (χ2n) is 5.27. The minimum absolute atomic E-state index is 0.209. The molecule has 0 spiro atoms. The zero-order chi connectivity index (χ0) is 17.2. The number of morpholine rings is 1. The highest BCUT2D eigenvalue weighted by Crippen LogP contribution is 2.25. The van der Waals surface area contributed by atoms with Gasteiger partial charge in [0.05, 0.1) is 25.6 Å². The molecule has 0 unspecified atom stereocenters. The Labute approximate surface area is 140 Å². The van der Waals surface area contributed by atoms with Gasteiger partial charge in [-0.15, -0.1) is 15.3 Å². The van der Waals surface area contributed by atoms with Gasteiger partial charge in [0.15, 0.2) is 17.2 Å². The lowest BCUT2D eigenvalue weighted by Gasteiger charge is -2.23. The Hall–Kier alpha value is -3.34.